The fourth-order valence-electron chi connectivity index (χ4n) is 1.85. The molecule has 0 saturated carbocycles. The molecule has 2 nitrogen and oxygen atoms in total. The normalized spacial score (nSPS) is 10.6. The summed E-state index contributed by atoms with van der Waals surface area (Å²) in [5, 5.41) is 2.97. The first-order valence-corrected chi connectivity index (χ1v) is 6.99. The Kier molecular flexibility index (Phi) is 7.16. The van der Waals surface area contributed by atoms with Gasteiger partial charge in [0.2, 0.25) is 5.91 Å². The number of carbonyl (C=O) groups is 1. The maximum atomic E-state index is 11.5. The van der Waals surface area contributed by atoms with Crippen molar-refractivity contribution in [2.45, 2.75) is 46.0 Å². The highest BCUT2D eigenvalue weighted by Gasteiger charge is 2.01. The first-order valence-electron chi connectivity index (χ1n) is 6.99. The van der Waals surface area contributed by atoms with Crippen molar-refractivity contribution >= 4 is 5.91 Å². The van der Waals surface area contributed by atoms with E-state index in [1.807, 2.05) is 6.07 Å². The smallest absolute Gasteiger partial charge is 0.219 e. The Labute approximate surface area is 111 Å². The standard InChI is InChI=1S/C16H25NO/c1-14(2)12-13-17-16(18)11-7-6-10-15-8-4-3-5-9-15/h3-5,8-9,14H,6-7,10-13H2,1-2H3,(H,17,18). The van der Waals surface area contributed by atoms with Crippen LogP contribution in [0.15, 0.2) is 30.3 Å². The second-order valence-electron chi connectivity index (χ2n) is 5.23. The molecule has 1 aromatic carbocycles. The summed E-state index contributed by atoms with van der Waals surface area (Å²) in [6, 6.07) is 10.4. The zero-order chi connectivity index (χ0) is 13.2. The molecule has 0 atom stereocenters. The van der Waals surface area contributed by atoms with E-state index in [1.165, 1.54) is 5.56 Å². The maximum Gasteiger partial charge on any atom is 0.219 e. The monoisotopic (exact) mass is 247 g/mol. The molecule has 0 aliphatic heterocycles. The van der Waals surface area contributed by atoms with Crippen LogP contribution < -0.4 is 5.32 Å². The van der Waals surface area contributed by atoms with Crippen molar-refractivity contribution in [3.05, 3.63) is 35.9 Å². The highest BCUT2D eigenvalue weighted by molar-refractivity contribution is 5.75. The SMILES string of the molecule is CC(C)CCNC(=O)CCCCc1ccccc1. The van der Waals surface area contributed by atoms with E-state index < -0.39 is 0 Å². The lowest BCUT2D eigenvalue weighted by molar-refractivity contribution is -0.121. The van der Waals surface area contributed by atoms with Crippen LogP contribution in [-0.4, -0.2) is 12.5 Å². The highest BCUT2D eigenvalue weighted by Crippen LogP contribution is 2.06. The van der Waals surface area contributed by atoms with Crippen LogP contribution in [0.3, 0.4) is 0 Å². The summed E-state index contributed by atoms with van der Waals surface area (Å²) in [6.07, 6.45) is 4.85. The Morgan fingerprint density at radius 3 is 2.56 bits per heavy atom. The maximum absolute atomic E-state index is 11.5. The van der Waals surface area contributed by atoms with Gasteiger partial charge in [0.05, 0.1) is 0 Å². The molecule has 0 aliphatic rings. The number of hydrogen-bond acceptors (Lipinski definition) is 1. The van der Waals surface area contributed by atoms with Gasteiger partial charge in [-0.25, -0.2) is 0 Å². The quantitative estimate of drug-likeness (QED) is 0.699. The predicted octanol–water partition coefficient (Wildman–Crippen LogP) is 3.56. The first kappa shape index (κ1) is 14.7. The minimum atomic E-state index is 0.198. The molecule has 0 bridgehead atoms. The van der Waals surface area contributed by atoms with E-state index in [2.05, 4.69) is 43.4 Å². The fraction of sp³-hybridized carbons (Fsp3) is 0.562. The van der Waals surface area contributed by atoms with E-state index >= 15 is 0 Å². The van der Waals surface area contributed by atoms with Crippen molar-refractivity contribution < 1.29 is 4.79 Å². The number of carbonyl (C=O) groups excluding carboxylic acids is 1. The molecule has 1 rings (SSSR count). The molecule has 0 aromatic heterocycles. The molecule has 0 aliphatic carbocycles. The average molecular weight is 247 g/mol. The van der Waals surface area contributed by atoms with Crippen molar-refractivity contribution in [3.8, 4) is 0 Å². The van der Waals surface area contributed by atoms with Crippen LogP contribution in [0.4, 0.5) is 0 Å². The number of aryl methyl sites for hydroxylation is 1. The van der Waals surface area contributed by atoms with Gasteiger partial charge in [-0.15, -0.1) is 0 Å². The van der Waals surface area contributed by atoms with Gasteiger partial charge < -0.3 is 5.32 Å². The van der Waals surface area contributed by atoms with Crippen molar-refractivity contribution in [1.29, 1.82) is 0 Å². The predicted molar refractivity (Wildman–Crippen MR) is 76.5 cm³/mol. The number of rotatable bonds is 8. The van der Waals surface area contributed by atoms with Crippen molar-refractivity contribution in [1.82, 2.24) is 5.32 Å². The number of amides is 1. The number of unbranched alkanes of at least 4 members (excludes halogenated alkanes) is 1. The van der Waals surface area contributed by atoms with E-state index in [1.54, 1.807) is 0 Å². The van der Waals surface area contributed by atoms with Gasteiger partial charge in [0.1, 0.15) is 0 Å². The molecular formula is C16H25NO. The number of hydrogen-bond donors (Lipinski definition) is 1. The van der Waals surface area contributed by atoms with Gasteiger partial charge in [-0.05, 0) is 37.2 Å². The first-order chi connectivity index (χ1) is 8.68. The molecule has 2 heteroatoms. The van der Waals surface area contributed by atoms with Crippen LogP contribution >= 0.6 is 0 Å². The van der Waals surface area contributed by atoms with E-state index in [4.69, 9.17) is 0 Å². The van der Waals surface area contributed by atoms with Gasteiger partial charge in [-0.2, -0.15) is 0 Å². The lowest BCUT2D eigenvalue weighted by Crippen LogP contribution is -2.24. The summed E-state index contributed by atoms with van der Waals surface area (Å²) < 4.78 is 0. The largest absolute Gasteiger partial charge is 0.356 e. The van der Waals surface area contributed by atoms with Crippen molar-refractivity contribution in [3.63, 3.8) is 0 Å². The Bertz CT molecular complexity index is 332. The molecule has 18 heavy (non-hydrogen) atoms. The Morgan fingerprint density at radius 1 is 1.17 bits per heavy atom. The van der Waals surface area contributed by atoms with Crippen LogP contribution in [0, 0.1) is 5.92 Å². The molecule has 0 unspecified atom stereocenters. The molecule has 0 spiro atoms. The summed E-state index contributed by atoms with van der Waals surface area (Å²) >= 11 is 0. The molecule has 1 amide bonds. The lowest BCUT2D eigenvalue weighted by Gasteiger charge is -2.07. The van der Waals surface area contributed by atoms with Crippen molar-refractivity contribution in [2.24, 2.45) is 5.92 Å². The molecule has 0 heterocycles. The topological polar surface area (TPSA) is 29.1 Å². The third-order valence-electron chi connectivity index (χ3n) is 3.01. The zero-order valence-electron chi connectivity index (χ0n) is 11.6. The third-order valence-corrected chi connectivity index (χ3v) is 3.01. The molecular weight excluding hydrogens is 222 g/mol. The summed E-state index contributed by atoms with van der Waals surface area (Å²) in [6.45, 7) is 5.16. The Morgan fingerprint density at radius 2 is 1.89 bits per heavy atom. The van der Waals surface area contributed by atoms with E-state index in [0.29, 0.717) is 12.3 Å². The molecule has 100 valence electrons. The van der Waals surface area contributed by atoms with Gasteiger partial charge in [0.15, 0.2) is 0 Å². The molecule has 0 fully saturated rings. The Balaban J connectivity index is 2.02. The summed E-state index contributed by atoms with van der Waals surface area (Å²) in [5.74, 6) is 0.854. The lowest BCUT2D eigenvalue weighted by atomic mass is 10.1. The van der Waals surface area contributed by atoms with E-state index in [0.717, 1.165) is 32.2 Å². The minimum Gasteiger partial charge on any atom is -0.356 e. The van der Waals surface area contributed by atoms with Gasteiger partial charge in [0, 0.05) is 13.0 Å². The molecule has 0 saturated heterocycles. The highest BCUT2D eigenvalue weighted by atomic mass is 16.1. The van der Waals surface area contributed by atoms with Crippen LogP contribution in [0.2, 0.25) is 0 Å². The summed E-state index contributed by atoms with van der Waals surface area (Å²) in [5.41, 5.74) is 1.36. The number of nitrogens with one attached hydrogen (secondary N) is 1. The second-order valence-corrected chi connectivity index (χ2v) is 5.23. The van der Waals surface area contributed by atoms with Gasteiger partial charge >= 0.3 is 0 Å². The minimum absolute atomic E-state index is 0.198. The van der Waals surface area contributed by atoms with Crippen LogP contribution in [0.25, 0.3) is 0 Å². The van der Waals surface area contributed by atoms with Crippen LogP contribution in [-0.2, 0) is 11.2 Å². The fourth-order valence-corrected chi connectivity index (χ4v) is 1.85. The van der Waals surface area contributed by atoms with Gasteiger partial charge in [-0.3, -0.25) is 4.79 Å². The van der Waals surface area contributed by atoms with Crippen LogP contribution in [0.5, 0.6) is 0 Å². The van der Waals surface area contributed by atoms with Crippen LogP contribution in [0.1, 0.15) is 45.1 Å². The second kappa shape index (κ2) is 8.73. The Hall–Kier alpha value is -1.31. The third kappa shape index (κ3) is 7.10. The zero-order valence-corrected chi connectivity index (χ0v) is 11.6. The average Bonchev–Trinajstić information content (AvgIpc) is 2.35. The molecule has 1 aromatic rings. The van der Waals surface area contributed by atoms with E-state index in [9.17, 15) is 4.79 Å². The summed E-state index contributed by atoms with van der Waals surface area (Å²) in [4.78, 5) is 11.5. The van der Waals surface area contributed by atoms with E-state index in [-0.39, 0.29) is 5.91 Å². The number of benzene rings is 1. The van der Waals surface area contributed by atoms with Gasteiger partial charge in [0.25, 0.3) is 0 Å². The molecule has 0 radical (unpaired) electrons. The molecule has 1 N–H and O–H groups in total. The van der Waals surface area contributed by atoms with Crippen molar-refractivity contribution in [2.75, 3.05) is 6.54 Å². The van der Waals surface area contributed by atoms with Gasteiger partial charge in [-0.1, -0.05) is 44.2 Å². The summed E-state index contributed by atoms with van der Waals surface area (Å²) in [7, 11) is 0.